The first-order valence-electron chi connectivity index (χ1n) is 6.91. The zero-order chi connectivity index (χ0) is 13.4. The maximum atomic E-state index is 12.1. The molecule has 1 unspecified atom stereocenters. The van der Waals surface area contributed by atoms with E-state index in [4.69, 9.17) is 4.74 Å². The molecule has 0 bridgehead atoms. The van der Waals surface area contributed by atoms with E-state index in [1.54, 1.807) is 0 Å². The summed E-state index contributed by atoms with van der Waals surface area (Å²) in [6.07, 6.45) is 2.61. The topological polar surface area (TPSA) is 21.3 Å². The Morgan fingerprint density at radius 1 is 1.22 bits per heavy atom. The van der Waals surface area contributed by atoms with Gasteiger partial charge in [-0.25, -0.2) is 0 Å². The van der Waals surface area contributed by atoms with Crippen molar-refractivity contribution in [1.29, 1.82) is 0 Å². The summed E-state index contributed by atoms with van der Waals surface area (Å²) in [7, 11) is 0. The number of hydrogen-bond acceptors (Lipinski definition) is 2. The van der Waals surface area contributed by atoms with Crippen molar-refractivity contribution in [2.45, 2.75) is 57.7 Å². The summed E-state index contributed by atoms with van der Waals surface area (Å²) in [5.74, 6) is 0.471. The van der Waals surface area contributed by atoms with Crippen LogP contribution < -0.4 is 5.32 Å². The van der Waals surface area contributed by atoms with E-state index in [9.17, 15) is 13.2 Å². The Kier molecular flexibility index (Phi) is 7.00. The van der Waals surface area contributed by atoms with Crippen LogP contribution >= 0.6 is 0 Å². The van der Waals surface area contributed by atoms with E-state index in [2.05, 4.69) is 12.2 Å². The van der Waals surface area contributed by atoms with Gasteiger partial charge in [-0.15, -0.1) is 0 Å². The Hall–Kier alpha value is -0.290. The highest BCUT2D eigenvalue weighted by Gasteiger charge is 2.29. The molecule has 108 valence electrons. The van der Waals surface area contributed by atoms with Gasteiger partial charge in [0.2, 0.25) is 0 Å². The lowest BCUT2D eigenvalue weighted by Crippen LogP contribution is -2.42. The summed E-state index contributed by atoms with van der Waals surface area (Å²) in [5, 5.41) is 3.33. The molecule has 1 fully saturated rings. The van der Waals surface area contributed by atoms with Crippen LogP contribution in [-0.4, -0.2) is 32.0 Å². The van der Waals surface area contributed by atoms with Gasteiger partial charge in [0.05, 0.1) is 6.61 Å². The molecule has 1 aliphatic rings. The minimum Gasteiger partial charge on any atom is -0.370 e. The van der Waals surface area contributed by atoms with E-state index in [0.29, 0.717) is 5.92 Å². The van der Waals surface area contributed by atoms with Crippen molar-refractivity contribution in [3.8, 4) is 0 Å². The Labute approximate surface area is 107 Å². The predicted molar refractivity (Wildman–Crippen MR) is 65.5 cm³/mol. The molecule has 0 aromatic heterocycles. The molecule has 0 aromatic rings. The summed E-state index contributed by atoms with van der Waals surface area (Å²) in [4.78, 5) is 0. The van der Waals surface area contributed by atoms with Gasteiger partial charge >= 0.3 is 6.18 Å². The van der Waals surface area contributed by atoms with Crippen molar-refractivity contribution < 1.29 is 17.9 Å². The monoisotopic (exact) mass is 267 g/mol. The highest BCUT2D eigenvalue weighted by molar-refractivity contribution is 4.79. The van der Waals surface area contributed by atoms with Crippen molar-refractivity contribution in [1.82, 2.24) is 5.32 Å². The van der Waals surface area contributed by atoms with Crippen LogP contribution in [0.1, 0.15) is 45.4 Å². The fraction of sp³-hybridized carbons (Fsp3) is 1.00. The zero-order valence-corrected chi connectivity index (χ0v) is 11.1. The first-order valence-corrected chi connectivity index (χ1v) is 6.91. The van der Waals surface area contributed by atoms with Crippen molar-refractivity contribution in [2.24, 2.45) is 5.92 Å². The number of halogens is 3. The number of nitrogens with one attached hydrogen (secondary N) is 1. The molecular formula is C13H24F3NO. The van der Waals surface area contributed by atoms with E-state index >= 15 is 0 Å². The van der Waals surface area contributed by atoms with Crippen LogP contribution in [0.5, 0.6) is 0 Å². The van der Waals surface area contributed by atoms with Crippen LogP contribution in [0.2, 0.25) is 0 Å². The molecular weight excluding hydrogens is 243 g/mol. The summed E-state index contributed by atoms with van der Waals surface area (Å²) in [6.45, 7) is 1.94. The molecule has 1 aliphatic carbocycles. The molecule has 1 saturated carbocycles. The lowest BCUT2D eigenvalue weighted by molar-refractivity contribution is -0.176. The van der Waals surface area contributed by atoms with Crippen molar-refractivity contribution >= 4 is 0 Å². The van der Waals surface area contributed by atoms with E-state index in [1.165, 1.54) is 19.3 Å². The van der Waals surface area contributed by atoms with E-state index < -0.39 is 12.8 Å². The SMILES string of the molecule is CCCNC(COCC(F)(F)F)C1CCCCC1. The molecule has 5 heteroatoms. The van der Waals surface area contributed by atoms with E-state index in [1.807, 2.05) is 0 Å². The Morgan fingerprint density at radius 2 is 1.89 bits per heavy atom. The number of ether oxygens (including phenoxy) is 1. The van der Waals surface area contributed by atoms with Gasteiger partial charge in [0.1, 0.15) is 6.61 Å². The molecule has 18 heavy (non-hydrogen) atoms. The Bertz CT molecular complexity index is 215. The maximum absolute atomic E-state index is 12.1. The van der Waals surface area contributed by atoms with Crippen LogP contribution in [-0.2, 0) is 4.74 Å². The third-order valence-electron chi connectivity index (χ3n) is 3.44. The highest BCUT2D eigenvalue weighted by atomic mass is 19.4. The summed E-state index contributed by atoms with van der Waals surface area (Å²) in [6, 6.07) is 0.0765. The van der Waals surface area contributed by atoms with Crippen LogP contribution in [0.3, 0.4) is 0 Å². The predicted octanol–water partition coefficient (Wildman–Crippen LogP) is 3.51. The standard InChI is InChI=1S/C13H24F3NO/c1-2-8-17-12(9-18-10-13(14,15)16)11-6-4-3-5-7-11/h11-12,17H,2-10H2,1H3. The second-order valence-corrected chi connectivity index (χ2v) is 5.09. The molecule has 0 saturated heterocycles. The maximum Gasteiger partial charge on any atom is 0.411 e. The van der Waals surface area contributed by atoms with Crippen LogP contribution in [0, 0.1) is 5.92 Å². The van der Waals surface area contributed by atoms with Crippen LogP contribution in [0.4, 0.5) is 13.2 Å². The largest absolute Gasteiger partial charge is 0.411 e. The van der Waals surface area contributed by atoms with Gasteiger partial charge < -0.3 is 10.1 Å². The third-order valence-corrected chi connectivity index (χ3v) is 3.44. The molecule has 0 spiro atoms. The summed E-state index contributed by atoms with van der Waals surface area (Å²) in [5.41, 5.74) is 0. The molecule has 1 atom stereocenters. The normalized spacial score (nSPS) is 20.0. The first kappa shape index (κ1) is 15.8. The molecule has 0 aromatic carbocycles. The smallest absolute Gasteiger partial charge is 0.370 e. The van der Waals surface area contributed by atoms with Gasteiger partial charge in [0.15, 0.2) is 0 Å². The van der Waals surface area contributed by atoms with E-state index in [-0.39, 0.29) is 12.6 Å². The molecule has 0 amide bonds. The first-order chi connectivity index (χ1) is 8.53. The Morgan fingerprint density at radius 3 is 2.44 bits per heavy atom. The van der Waals surface area contributed by atoms with Crippen molar-refractivity contribution in [2.75, 3.05) is 19.8 Å². The van der Waals surface area contributed by atoms with E-state index in [0.717, 1.165) is 25.8 Å². The van der Waals surface area contributed by atoms with Crippen LogP contribution in [0.25, 0.3) is 0 Å². The quantitative estimate of drug-likeness (QED) is 0.762. The molecule has 2 nitrogen and oxygen atoms in total. The third kappa shape index (κ3) is 6.59. The molecule has 0 heterocycles. The van der Waals surface area contributed by atoms with Gasteiger partial charge in [-0.1, -0.05) is 26.2 Å². The molecule has 1 rings (SSSR count). The van der Waals surface area contributed by atoms with Gasteiger partial charge in [-0.2, -0.15) is 13.2 Å². The van der Waals surface area contributed by atoms with Gasteiger partial charge in [-0.05, 0) is 31.7 Å². The van der Waals surface area contributed by atoms with Crippen molar-refractivity contribution in [3.05, 3.63) is 0 Å². The minimum atomic E-state index is -4.22. The highest BCUT2D eigenvalue weighted by Crippen LogP contribution is 2.27. The molecule has 0 aliphatic heterocycles. The number of alkyl halides is 3. The second-order valence-electron chi connectivity index (χ2n) is 5.09. The zero-order valence-electron chi connectivity index (χ0n) is 11.1. The lowest BCUT2D eigenvalue weighted by Gasteiger charge is -2.31. The van der Waals surface area contributed by atoms with Crippen LogP contribution in [0.15, 0.2) is 0 Å². The molecule has 1 N–H and O–H groups in total. The fourth-order valence-electron chi connectivity index (χ4n) is 2.53. The van der Waals surface area contributed by atoms with Gasteiger partial charge in [0.25, 0.3) is 0 Å². The lowest BCUT2D eigenvalue weighted by atomic mass is 9.84. The summed E-state index contributed by atoms with van der Waals surface area (Å²) < 4.78 is 41.0. The summed E-state index contributed by atoms with van der Waals surface area (Å²) >= 11 is 0. The van der Waals surface area contributed by atoms with Crippen molar-refractivity contribution in [3.63, 3.8) is 0 Å². The fourth-order valence-corrected chi connectivity index (χ4v) is 2.53. The average Bonchev–Trinajstić information content (AvgIpc) is 2.33. The number of hydrogen-bond donors (Lipinski definition) is 1. The average molecular weight is 267 g/mol. The van der Waals surface area contributed by atoms with Gasteiger partial charge in [-0.3, -0.25) is 0 Å². The molecule has 0 radical (unpaired) electrons. The number of rotatable bonds is 7. The van der Waals surface area contributed by atoms with Gasteiger partial charge in [0, 0.05) is 6.04 Å². The minimum absolute atomic E-state index is 0.0765. The Balaban J connectivity index is 2.34. The second kappa shape index (κ2) is 8.00.